The summed E-state index contributed by atoms with van der Waals surface area (Å²) in [6, 6.07) is 18.1. The number of aliphatic hydroxyl groups is 1. The van der Waals surface area contributed by atoms with Crippen LogP contribution in [-0.4, -0.2) is 42.2 Å². The number of rotatable bonds is 6. The van der Waals surface area contributed by atoms with Crippen molar-refractivity contribution >= 4 is 11.6 Å². The minimum absolute atomic E-state index is 0.0523. The Morgan fingerprint density at radius 1 is 1.09 bits per heavy atom. The highest BCUT2D eigenvalue weighted by Crippen LogP contribution is 2.27. The molecule has 1 amide bonds. The second-order valence-corrected chi connectivity index (χ2v) is 5.84. The third kappa shape index (κ3) is 3.78. The van der Waals surface area contributed by atoms with E-state index in [4.69, 9.17) is 0 Å². The summed E-state index contributed by atoms with van der Waals surface area (Å²) in [4.78, 5) is 16.6. The van der Waals surface area contributed by atoms with Crippen LogP contribution in [0.15, 0.2) is 54.6 Å². The van der Waals surface area contributed by atoms with Crippen LogP contribution in [0.25, 0.3) is 0 Å². The minimum Gasteiger partial charge on any atom is -0.395 e. The lowest BCUT2D eigenvalue weighted by Gasteiger charge is -2.24. The molecular formula is C19H22N2O2. The monoisotopic (exact) mass is 310 g/mol. The number of benzene rings is 2. The van der Waals surface area contributed by atoms with Crippen molar-refractivity contribution in [3.05, 3.63) is 65.7 Å². The summed E-state index contributed by atoms with van der Waals surface area (Å²) in [6.07, 6.45) is 0.917. The van der Waals surface area contributed by atoms with Gasteiger partial charge in [-0.2, -0.15) is 0 Å². The van der Waals surface area contributed by atoms with E-state index in [1.165, 1.54) is 5.56 Å². The van der Waals surface area contributed by atoms with E-state index in [9.17, 15) is 9.90 Å². The molecule has 0 atom stereocenters. The van der Waals surface area contributed by atoms with Crippen molar-refractivity contribution in [2.75, 3.05) is 31.1 Å². The molecule has 3 rings (SSSR count). The zero-order valence-electron chi connectivity index (χ0n) is 13.2. The summed E-state index contributed by atoms with van der Waals surface area (Å²) in [5.74, 6) is 0.0966. The van der Waals surface area contributed by atoms with E-state index in [-0.39, 0.29) is 12.5 Å². The average molecular weight is 310 g/mol. The Bertz CT molecular complexity index is 657. The van der Waals surface area contributed by atoms with Gasteiger partial charge < -0.3 is 10.0 Å². The molecular weight excluding hydrogens is 288 g/mol. The SMILES string of the molecule is O=C(CN(CCO)Cc1ccccc1)N1CCc2ccccc21. The third-order valence-electron chi connectivity index (χ3n) is 4.21. The first-order chi connectivity index (χ1) is 11.3. The van der Waals surface area contributed by atoms with Crippen LogP contribution in [0.4, 0.5) is 5.69 Å². The van der Waals surface area contributed by atoms with Crippen molar-refractivity contribution in [1.29, 1.82) is 0 Å². The number of aliphatic hydroxyl groups excluding tert-OH is 1. The van der Waals surface area contributed by atoms with E-state index in [1.807, 2.05) is 58.3 Å². The Hall–Kier alpha value is -2.17. The van der Waals surface area contributed by atoms with E-state index < -0.39 is 0 Å². The Balaban J connectivity index is 1.67. The van der Waals surface area contributed by atoms with Gasteiger partial charge in [-0.1, -0.05) is 48.5 Å². The van der Waals surface area contributed by atoms with Crippen LogP contribution in [0.2, 0.25) is 0 Å². The van der Waals surface area contributed by atoms with Gasteiger partial charge in [-0.3, -0.25) is 9.69 Å². The maximum absolute atomic E-state index is 12.7. The lowest BCUT2D eigenvalue weighted by Crippen LogP contribution is -2.40. The molecule has 1 heterocycles. The Morgan fingerprint density at radius 3 is 2.61 bits per heavy atom. The van der Waals surface area contributed by atoms with Crippen molar-refractivity contribution in [3.63, 3.8) is 0 Å². The predicted octanol–water partition coefficient (Wildman–Crippen LogP) is 2.07. The minimum atomic E-state index is 0.0523. The zero-order chi connectivity index (χ0) is 16.1. The van der Waals surface area contributed by atoms with Gasteiger partial charge in [0.1, 0.15) is 0 Å². The fourth-order valence-electron chi connectivity index (χ4n) is 3.07. The van der Waals surface area contributed by atoms with Crippen LogP contribution in [0.5, 0.6) is 0 Å². The molecule has 0 saturated heterocycles. The number of amides is 1. The standard InChI is InChI=1S/C19H22N2O2/c22-13-12-20(14-16-6-2-1-3-7-16)15-19(23)21-11-10-17-8-4-5-9-18(17)21/h1-9,22H,10-15H2. The molecule has 0 saturated carbocycles. The maximum Gasteiger partial charge on any atom is 0.241 e. The molecule has 4 nitrogen and oxygen atoms in total. The van der Waals surface area contributed by atoms with E-state index in [0.29, 0.717) is 19.6 Å². The first-order valence-electron chi connectivity index (χ1n) is 8.03. The van der Waals surface area contributed by atoms with Crippen molar-refractivity contribution in [1.82, 2.24) is 4.90 Å². The van der Waals surface area contributed by atoms with Gasteiger partial charge in [-0.15, -0.1) is 0 Å². The van der Waals surface area contributed by atoms with Gasteiger partial charge in [0.05, 0.1) is 13.2 Å². The van der Waals surface area contributed by atoms with Gasteiger partial charge in [0.2, 0.25) is 5.91 Å². The number of carbonyl (C=O) groups excluding carboxylic acids is 1. The molecule has 0 aromatic heterocycles. The molecule has 0 aliphatic carbocycles. The van der Waals surface area contributed by atoms with Gasteiger partial charge >= 0.3 is 0 Å². The summed E-state index contributed by atoms with van der Waals surface area (Å²) < 4.78 is 0. The summed E-state index contributed by atoms with van der Waals surface area (Å²) in [5.41, 5.74) is 3.41. The van der Waals surface area contributed by atoms with Gasteiger partial charge in [0, 0.05) is 25.3 Å². The number of nitrogens with zero attached hydrogens (tertiary/aromatic N) is 2. The van der Waals surface area contributed by atoms with Crippen LogP contribution < -0.4 is 4.90 Å². The van der Waals surface area contributed by atoms with Crippen molar-refractivity contribution < 1.29 is 9.90 Å². The topological polar surface area (TPSA) is 43.8 Å². The summed E-state index contributed by atoms with van der Waals surface area (Å²) in [5, 5.41) is 9.28. The quantitative estimate of drug-likeness (QED) is 0.888. The Labute approximate surface area is 137 Å². The van der Waals surface area contributed by atoms with E-state index in [1.54, 1.807) is 0 Å². The summed E-state index contributed by atoms with van der Waals surface area (Å²) >= 11 is 0. The Kier molecular flexibility index (Phi) is 5.05. The smallest absolute Gasteiger partial charge is 0.241 e. The molecule has 0 spiro atoms. The molecule has 1 N–H and O–H groups in total. The lowest BCUT2D eigenvalue weighted by molar-refractivity contribution is -0.119. The van der Waals surface area contributed by atoms with E-state index in [2.05, 4.69) is 6.07 Å². The second kappa shape index (κ2) is 7.40. The van der Waals surface area contributed by atoms with Crippen molar-refractivity contribution in [2.45, 2.75) is 13.0 Å². The highest BCUT2D eigenvalue weighted by Gasteiger charge is 2.25. The molecule has 0 unspecified atom stereocenters. The normalized spacial score (nSPS) is 13.4. The van der Waals surface area contributed by atoms with Gasteiger partial charge in [0.25, 0.3) is 0 Å². The second-order valence-electron chi connectivity index (χ2n) is 5.84. The van der Waals surface area contributed by atoms with Crippen LogP contribution in [0.1, 0.15) is 11.1 Å². The van der Waals surface area contributed by atoms with Crippen LogP contribution in [0, 0.1) is 0 Å². The number of fused-ring (bicyclic) bond motifs is 1. The summed E-state index contributed by atoms with van der Waals surface area (Å²) in [6.45, 7) is 2.29. The fraction of sp³-hybridized carbons (Fsp3) is 0.316. The Morgan fingerprint density at radius 2 is 1.83 bits per heavy atom. The number of hydrogen-bond donors (Lipinski definition) is 1. The fourth-order valence-corrected chi connectivity index (χ4v) is 3.07. The molecule has 0 radical (unpaired) electrons. The van der Waals surface area contributed by atoms with Crippen LogP contribution >= 0.6 is 0 Å². The van der Waals surface area contributed by atoms with Gasteiger partial charge in [0.15, 0.2) is 0 Å². The van der Waals surface area contributed by atoms with Gasteiger partial charge in [-0.05, 0) is 23.6 Å². The molecule has 1 aliphatic heterocycles. The van der Waals surface area contributed by atoms with Crippen LogP contribution in [-0.2, 0) is 17.8 Å². The number of anilines is 1. The zero-order valence-corrected chi connectivity index (χ0v) is 13.2. The molecule has 120 valence electrons. The van der Waals surface area contributed by atoms with E-state index >= 15 is 0 Å². The molecule has 0 fully saturated rings. The number of carbonyl (C=O) groups is 1. The van der Waals surface area contributed by atoms with Crippen molar-refractivity contribution in [3.8, 4) is 0 Å². The van der Waals surface area contributed by atoms with E-state index in [0.717, 1.165) is 24.2 Å². The summed E-state index contributed by atoms with van der Waals surface area (Å²) in [7, 11) is 0. The first kappa shape index (κ1) is 15.7. The molecule has 23 heavy (non-hydrogen) atoms. The largest absolute Gasteiger partial charge is 0.395 e. The highest BCUT2D eigenvalue weighted by atomic mass is 16.3. The molecule has 0 bridgehead atoms. The number of hydrogen-bond acceptors (Lipinski definition) is 3. The lowest BCUT2D eigenvalue weighted by atomic mass is 10.2. The number of para-hydroxylation sites is 1. The first-order valence-corrected chi connectivity index (χ1v) is 8.03. The predicted molar refractivity (Wildman–Crippen MR) is 91.3 cm³/mol. The highest BCUT2D eigenvalue weighted by molar-refractivity contribution is 5.96. The molecule has 1 aliphatic rings. The third-order valence-corrected chi connectivity index (χ3v) is 4.21. The van der Waals surface area contributed by atoms with Crippen molar-refractivity contribution in [2.24, 2.45) is 0 Å². The molecule has 2 aromatic rings. The molecule has 2 aromatic carbocycles. The van der Waals surface area contributed by atoms with Crippen LogP contribution in [0.3, 0.4) is 0 Å². The maximum atomic E-state index is 12.7. The van der Waals surface area contributed by atoms with Gasteiger partial charge in [-0.25, -0.2) is 0 Å². The molecule has 4 heteroatoms. The average Bonchev–Trinajstić information content (AvgIpc) is 3.00.